The first-order valence-electron chi connectivity index (χ1n) is 4.39. The van der Waals surface area contributed by atoms with Crippen molar-refractivity contribution >= 4 is 29.5 Å². The highest BCUT2D eigenvalue weighted by molar-refractivity contribution is 8.04. The van der Waals surface area contributed by atoms with Crippen LogP contribution in [-0.2, 0) is 4.79 Å². The Bertz CT molecular complexity index is 246. The minimum Gasteiger partial charge on any atom is -0.480 e. The van der Waals surface area contributed by atoms with E-state index >= 15 is 0 Å². The molecule has 0 aliphatic heterocycles. The predicted octanol–water partition coefficient (Wildman–Crippen LogP) is 2.16. The van der Waals surface area contributed by atoms with E-state index in [0.717, 1.165) is 11.8 Å². The molecule has 0 fully saturated rings. The van der Waals surface area contributed by atoms with Gasteiger partial charge in [0.15, 0.2) is 0 Å². The molecule has 0 aromatic carbocycles. The Hall–Kier alpha value is -0.0800. The van der Waals surface area contributed by atoms with E-state index in [4.69, 9.17) is 10.8 Å². The van der Waals surface area contributed by atoms with Crippen molar-refractivity contribution in [2.75, 3.05) is 11.5 Å². The summed E-state index contributed by atoms with van der Waals surface area (Å²) in [5, 5.41) is 8.68. The molecular weight excluding hydrogens is 263 g/mol. The van der Waals surface area contributed by atoms with Crippen LogP contribution in [-0.4, -0.2) is 38.9 Å². The Morgan fingerprint density at radius 2 is 1.75 bits per heavy atom. The van der Waals surface area contributed by atoms with Crippen molar-refractivity contribution in [1.29, 1.82) is 0 Å². The number of carboxylic acids is 1. The van der Waals surface area contributed by atoms with Crippen LogP contribution in [0.4, 0.5) is 13.2 Å². The Balaban J connectivity index is 3.96. The van der Waals surface area contributed by atoms with E-state index < -0.39 is 22.3 Å². The first kappa shape index (κ1) is 15.9. The SMILES string of the molecule is CC(C)(SCCSC(F)(F)F)[C@H](N)C(=O)O. The molecule has 0 amide bonds. The predicted molar refractivity (Wildman–Crippen MR) is 60.7 cm³/mol. The zero-order chi connectivity index (χ0) is 13.0. The number of hydrogen-bond donors (Lipinski definition) is 2. The Morgan fingerprint density at radius 1 is 1.31 bits per heavy atom. The van der Waals surface area contributed by atoms with Gasteiger partial charge in [0, 0.05) is 16.3 Å². The highest BCUT2D eigenvalue weighted by atomic mass is 32.2. The molecule has 3 nitrogen and oxygen atoms in total. The largest absolute Gasteiger partial charge is 0.480 e. The monoisotopic (exact) mass is 277 g/mol. The molecule has 3 N–H and O–H groups in total. The molecule has 0 spiro atoms. The van der Waals surface area contributed by atoms with Gasteiger partial charge in [-0.05, 0) is 13.8 Å². The second-order valence-corrected chi connectivity index (χ2v) is 6.47. The third kappa shape index (κ3) is 6.49. The number of carbonyl (C=O) groups is 1. The zero-order valence-electron chi connectivity index (χ0n) is 8.87. The lowest BCUT2D eigenvalue weighted by Crippen LogP contribution is -2.47. The molecule has 0 aromatic heterocycles. The number of nitrogens with two attached hydrogens (primary N) is 1. The lowest BCUT2D eigenvalue weighted by molar-refractivity contribution is -0.139. The first-order valence-corrected chi connectivity index (χ1v) is 6.36. The second-order valence-electron chi connectivity index (χ2n) is 3.56. The van der Waals surface area contributed by atoms with Gasteiger partial charge in [-0.3, -0.25) is 4.79 Å². The van der Waals surface area contributed by atoms with Crippen LogP contribution in [0.15, 0.2) is 0 Å². The summed E-state index contributed by atoms with van der Waals surface area (Å²) in [6, 6.07) is -1.09. The fraction of sp³-hybridized carbons (Fsp3) is 0.875. The highest BCUT2D eigenvalue weighted by Gasteiger charge is 2.33. The van der Waals surface area contributed by atoms with Crippen LogP contribution in [0.5, 0.6) is 0 Å². The maximum Gasteiger partial charge on any atom is 0.441 e. The summed E-state index contributed by atoms with van der Waals surface area (Å²) in [6.45, 7) is 3.21. The summed E-state index contributed by atoms with van der Waals surface area (Å²) in [5.41, 5.74) is 1.18. The summed E-state index contributed by atoms with van der Waals surface area (Å²) in [4.78, 5) is 10.6. The smallest absolute Gasteiger partial charge is 0.441 e. The summed E-state index contributed by atoms with van der Waals surface area (Å²) < 4.78 is 34.6. The molecule has 0 unspecified atom stereocenters. The van der Waals surface area contributed by atoms with Crippen LogP contribution in [0.2, 0.25) is 0 Å². The number of carboxylic acid groups (broad SMARTS) is 1. The van der Waals surface area contributed by atoms with Crippen LogP contribution in [0.3, 0.4) is 0 Å². The van der Waals surface area contributed by atoms with E-state index in [-0.39, 0.29) is 23.3 Å². The van der Waals surface area contributed by atoms with Crippen LogP contribution >= 0.6 is 23.5 Å². The van der Waals surface area contributed by atoms with Gasteiger partial charge in [0.05, 0.1) is 0 Å². The van der Waals surface area contributed by atoms with Crippen molar-refractivity contribution in [1.82, 2.24) is 0 Å². The summed E-state index contributed by atoms with van der Waals surface area (Å²) in [5.74, 6) is -1.05. The van der Waals surface area contributed by atoms with Gasteiger partial charge in [-0.25, -0.2) is 0 Å². The van der Waals surface area contributed by atoms with Crippen LogP contribution in [0, 0.1) is 0 Å². The van der Waals surface area contributed by atoms with Crippen molar-refractivity contribution in [3.63, 3.8) is 0 Å². The van der Waals surface area contributed by atoms with Gasteiger partial charge >= 0.3 is 11.5 Å². The van der Waals surface area contributed by atoms with Gasteiger partial charge in [-0.2, -0.15) is 24.9 Å². The average molecular weight is 277 g/mol. The molecule has 0 heterocycles. The van der Waals surface area contributed by atoms with Gasteiger partial charge in [0.1, 0.15) is 6.04 Å². The molecule has 0 rings (SSSR count). The van der Waals surface area contributed by atoms with Crippen LogP contribution in [0.25, 0.3) is 0 Å². The number of rotatable bonds is 6. The standard InChI is InChI=1S/C8H14F3NO2S2/c1-7(2,5(12)6(13)14)15-3-4-16-8(9,10)11/h5H,3-4,12H2,1-2H3,(H,13,14)/t5-/m1/s1. The van der Waals surface area contributed by atoms with E-state index in [1.54, 1.807) is 13.8 Å². The molecular formula is C8H14F3NO2S2. The third-order valence-corrected chi connectivity index (χ3v) is 4.24. The molecule has 0 bridgehead atoms. The Labute approximate surface area is 100 Å². The quantitative estimate of drug-likeness (QED) is 0.728. The number of halogens is 3. The Morgan fingerprint density at radius 3 is 2.12 bits per heavy atom. The maximum absolute atomic E-state index is 11.8. The molecule has 0 aliphatic carbocycles. The fourth-order valence-electron chi connectivity index (χ4n) is 0.849. The van der Waals surface area contributed by atoms with Crippen molar-refractivity contribution < 1.29 is 23.1 Å². The average Bonchev–Trinajstić information content (AvgIpc) is 2.09. The highest BCUT2D eigenvalue weighted by Crippen LogP contribution is 2.33. The van der Waals surface area contributed by atoms with Crippen molar-refractivity contribution in [2.24, 2.45) is 5.73 Å². The fourth-order valence-corrected chi connectivity index (χ4v) is 2.55. The topological polar surface area (TPSA) is 63.3 Å². The van der Waals surface area contributed by atoms with E-state index in [1.165, 1.54) is 0 Å². The van der Waals surface area contributed by atoms with Crippen LogP contribution in [0.1, 0.15) is 13.8 Å². The lowest BCUT2D eigenvalue weighted by Gasteiger charge is -2.27. The van der Waals surface area contributed by atoms with Crippen molar-refractivity contribution in [2.45, 2.75) is 30.1 Å². The lowest BCUT2D eigenvalue weighted by atomic mass is 10.1. The minimum absolute atomic E-state index is 0.107. The molecule has 0 aliphatic rings. The number of hydrogen-bond acceptors (Lipinski definition) is 4. The van der Waals surface area contributed by atoms with Crippen molar-refractivity contribution in [3.05, 3.63) is 0 Å². The summed E-state index contributed by atoms with van der Waals surface area (Å²) >= 11 is 1.01. The maximum atomic E-state index is 11.8. The van der Waals surface area contributed by atoms with Crippen molar-refractivity contribution in [3.8, 4) is 0 Å². The molecule has 0 radical (unpaired) electrons. The second kappa shape index (κ2) is 6.02. The molecule has 1 atom stereocenters. The molecule has 0 saturated heterocycles. The van der Waals surface area contributed by atoms with Crippen LogP contribution < -0.4 is 5.73 Å². The van der Waals surface area contributed by atoms with Gasteiger partial charge in [-0.15, -0.1) is 0 Å². The van der Waals surface area contributed by atoms with E-state index in [0.29, 0.717) is 0 Å². The Kier molecular flexibility index (Phi) is 5.99. The molecule has 0 aromatic rings. The zero-order valence-corrected chi connectivity index (χ0v) is 10.5. The molecule has 0 saturated carbocycles. The summed E-state index contributed by atoms with van der Waals surface area (Å²) in [6.07, 6.45) is 0. The molecule has 8 heteroatoms. The number of thioether (sulfide) groups is 2. The third-order valence-electron chi connectivity index (χ3n) is 1.84. The summed E-state index contributed by atoms with van der Waals surface area (Å²) in [7, 11) is 0. The molecule has 96 valence electrons. The van der Waals surface area contributed by atoms with E-state index in [9.17, 15) is 18.0 Å². The number of alkyl halides is 3. The first-order chi connectivity index (χ1) is 7.06. The number of aliphatic carboxylic acids is 1. The minimum atomic E-state index is -4.24. The van der Waals surface area contributed by atoms with Gasteiger partial charge in [-0.1, -0.05) is 11.8 Å². The van der Waals surface area contributed by atoms with Gasteiger partial charge in [0.25, 0.3) is 0 Å². The van der Waals surface area contributed by atoms with Gasteiger partial charge in [0.2, 0.25) is 0 Å². The van der Waals surface area contributed by atoms with E-state index in [2.05, 4.69) is 0 Å². The normalized spacial score (nSPS) is 14.9. The van der Waals surface area contributed by atoms with E-state index in [1.807, 2.05) is 0 Å². The molecule has 16 heavy (non-hydrogen) atoms. The van der Waals surface area contributed by atoms with Gasteiger partial charge < -0.3 is 10.8 Å².